The van der Waals surface area contributed by atoms with E-state index in [1.54, 1.807) is 0 Å². The normalized spacial score (nSPS) is 9.71. The number of aryl methyl sites for hydroxylation is 4. The second kappa shape index (κ2) is 12.5. The Kier molecular flexibility index (Phi) is 11.7. The molecule has 0 saturated heterocycles. The third-order valence-corrected chi connectivity index (χ3v) is 4.13. The molecule has 0 atom stereocenters. The quantitative estimate of drug-likeness (QED) is 0.448. The van der Waals surface area contributed by atoms with E-state index in [9.17, 15) is 17.3 Å². The summed E-state index contributed by atoms with van der Waals surface area (Å²) in [7, 11) is -6.83. The SMILES string of the molecule is CC[n+]1c(C)cc(-c2cc(C)[n+](CC)c(C)c2)cc1C.[O-]B(F)F.[O-]B(F)F. The predicted molar refractivity (Wildman–Crippen MR) is 98.5 cm³/mol. The summed E-state index contributed by atoms with van der Waals surface area (Å²) in [6.07, 6.45) is 0. The summed E-state index contributed by atoms with van der Waals surface area (Å²) in [6.45, 7) is 15.2. The first-order valence-corrected chi connectivity index (χ1v) is 8.84. The summed E-state index contributed by atoms with van der Waals surface area (Å²) in [6, 6.07) is 9.17. The Morgan fingerprint density at radius 2 is 0.821 bits per heavy atom. The highest BCUT2D eigenvalue weighted by molar-refractivity contribution is 6.30. The summed E-state index contributed by atoms with van der Waals surface area (Å²) in [5.74, 6) is 0. The third kappa shape index (κ3) is 8.84. The van der Waals surface area contributed by atoms with Gasteiger partial charge >= 0.3 is 14.9 Å². The first-order chi connectivity index (χ1) is 12.9. The van der Waals surface area contributed by atoms with Gasteiger partial charge in [-0.05, 0) is 25.0 Å². The number of hydrogen-bond acceptors (Lipinski definition) is 2. The van der Waals surface area contributed by atoms with Crippen LogP contribution in [0.15, 0.2) is 24.3 Å². The fraction of sp³-hybridized carbons (Fsp3) is 0.444. The zero-order valence-corrected chi connectivity index (χ0v) is 17.1. The van der Waals surface area contributed by atoms with Gasteiger partial charge < -0.3 is 27.3 Å². The van der Waals surface area contributed by atoms with Crippen molar-refractivity contribution in [3.8, 4) is 11.1 Å². The summed E-state index contributed by atoms with van der Waals surface area (Å²) >= 11 is 0. The Balaban J connectivity index is 0.000000776. The second-order valence-electron chi connectivity index (χ2n) is 6.06. The molecule has 0 aliphatic rings. The van der Waals surface area contributed by atoms with Gasteiger partial charge in [0.05, 0.1) is 0 Å². The molecule has 4 nitrogen and oxygen atoms in total. The van der Waals surface area contributed by atoms with Crippen molar-refractivity contribution >= 4 is 14.9 Å². The molecule has 28 heavy (non-hydrogen) atoms. The van der Waals surface area contributed by atoms with Crippen LogP contribution in [0.5, 0.6) is 0 Å². The molecule has 154 valence electrons. The van der Waals surface area contributed by atoms with Crippen molar-refractivity contribution in [1.82, 2.24) is 0 Å². The molecule has 0 bridgehead atoms. The minimum atomic E-state index is -3.42. The van der Waals surface area contributed by atoms with Crippen LogP contribution in [-0.4, -0.2) is 14.9 Å². The molecule has 0 aliphatic heterocycles. The van der Waals surface area contributed by atoms with Crippen LogP contribution in [-0.2, 0) is 13.1 Å². The average Bonchev–Trinajstić information content (AvgIpc) is 2.53. The van der Waals surface area contributed by atoms with Crippen molar-refractivity contribution < 1.29 is 36.4 Å². The minimum absolute atomic E-state index is 1.03. The molecule has 2 heterocycles. The molecule has 0 spiro atoms. The van der Waals surface area contributed by atoms with Gasteiger partial charge in [-0.3, -0.25) is 0 Å². The largest absolute Gasteiger partial charge is 0.824 e. The molecule has 0 aromatic carbocycles. The van der Waals surface area contributed by atoms with Crippen LogP contribution in [0.25, 0.3) is 11.1 Å². The second-order valence-corrected chi connectivity index (χ2v) is 6.06. The van der Waals surface area contributed by atoms with Crippen molar-refractivity contribution in [3.05, 3.63) is 47.0 Å². The van der Waals surface area contributed by atoms with Crippen LogP contribution in [0.2, 0.25) is 0 Å². The molecular weight excluding hydrogens is 374 g/mol. The Morgan fingerprint density at radius 1 is 0.643 bits per heavy atom. The third-order valence-electron chi connectivity index (χ3n) is 4.13. The molecule has 0 unspecified atom stereocenters. The van der Waals surface area contributed by atoms with Gasteiger partial charge in [-0.1, -0.05) is 0 Å². The summed E-state index contributed by atoms with van der Waals surface area (Å²) < 4.78 is 43.8. The zero-order valence-electron chi connectivity index (χ0n) is 17.1. The fourth-order valence-electron chi connectivity index (χ4n) is 3.18. The first kappa shape index (κ1) is 26.1. The van der Waals surface area contributed by atoms with E-state index in [2.05, 4.69) is 74.9 Å². The number of pyridine rings is 2. The lowest BCUT2D eigenvalue weighted by atomic mass is 10.0. The fourth-order valence-corrected chi connectivity index (χ4v) is 3.18. The Labute approximate surface area is 164 Å². The molecule has 0 saturated carbocycles. The van der Waals surface area contributed by atoms with E-state index < -0.39 is 14.9 Å². The van der Waals surface area contributed by atoms with E-state index in [1.807, 2.05) is 0 Å². The van der Waals surface area contributed by atoms with E-state index in [0.717, 1.165) is 13.1 Å². The smallest absolute Gasteiger partial charge is 0.447 e. The van der Waals surface area contributed by atoms with Gasteiger partial charge in [-0.2, -0.15) is 0 Å². The number of aromatic nitrogens is 2. The monoisotopic (exact) mass is 400 g/mol. The zero-order chi connectivity index (χ0) is 22.0. The van der Waals surface area contributed by atoms with Gasteiger partial charge in [0.25, 0.3) is 0 Å². The van der Waals surface area contributed by atoms with E-state index in [0.29, 0.717) is 0 Å². The maximum Gasteiger partial charge on any atom is 0.447 e. The van der Waals surface area contributed by atoms with Gasteiger partial charge in [0.15, 0.2) is 22.8 Å². The number of halogens is 4. The Morgan fingerprint density at radius 3 is 0.964 bits per heavy atom. The van der Waals surface area contributed by atoms with Crippen LogP contribution in [0.3, 0.4) is 0 Å². The van der Waals surface area contributed by atoms with Gasteiger partial charge in [0, 0.05) is 52.0 Å². The number of hydrogen-bond donors (Lipinski definition) is 0. The molecule has 0 N–H and O–H groups in total. The molecule has 2 aromatic rings. The van der Waals surface area contributed by atoms with Crippen molar-refractivity contribution in [2.45, 2.75) is 54.6 Å². The summed E-state index contributed by atoms with van der Waals surface area (Å²) in [5.41, 5.74) is 7.93. The average molecular weight is 400 g/mol. The molecule has 0 radical (unpaired) electrons. The summed E-state index contributed by atoms with van der Waals surface area (Å²) in [5, 5.41) is 16.4. The van der Waals surface area contributed by atoms with Crippen molar-refractivity contribution in [1.29, 1.82) is 0 Å². The number of rotatable bonds is 3. The van der Waals surface area contributed by atoms with Crippen LogP contribution >= 0.6 is 0 Å². The van der Waals surface area contributed by atoms with E-state index in [-0.39, 0.29) is 0 Å². The molecule has 0 amide bonds. The molecule has 2 aromatic heterocycles. The van der Waals surface area contributed by atoms with E-state index in [4.69, 9.17) is 10.0 Å². The lowest BCUT2D eigenvalue weighted by Gasteiger charge is -2.08. The van der Waals surface area contributed by atoms with Crippen molar-refractivity contribution in [2.24, 2.45) is 0 Å². The van der Waals surface area contributed by atoms with Crippen LogP contribution in [0, 0.1) is 27.7 Å². The Hall–Kier alpha value is -1.93. The highest BCUT2D eigenvalue weighted by Crippen LogP contribution is 2.21. The highest BCUT2D eigenvalue weighted by Gasteiger charge is 2.15. The molecule has 10 heteroatoms. The predicted octanol–water partition coefficient (Wildman–Crippen LogP) is 1.74. The molecule has 0 fully saturated rings. The molecule has 0 aliphatic carbocycles. The lowest BCUT2D eigenvalue weighted by molar-refractivity contribution is -0.705. The van der Waals surface area contributed by atoms with Crippen LogP contribution in [0.1, 0.15) is 36.6 Å². The van der Waals surface area contributed by atoms with E-state index in [1.165, 1.54) is 33.9 Å². The highest BCUT2D eigenvalue weighted by atomic mass is 19.2. The van der Waals surface area contributed by atoms with Crippen molar-refractivity contribution in [2.75, 3.05) is 0 Å². The standard InChI is InChI=1S/C18H26N2.2BF2O/c1-7-19-13(3)9-17(10-14(19)4)18-11-15(5)20(8-2)16(6)12-18;2*2-1(3)4/h9-12H,7-8H2,1-6H3;;/q+2;2*-1. The van der Waals surface area contributed by atoms with E-state index >= 15 is 0 Å². The van der Waals surface area contributed by atoms with Crippen LogP contribution in [0.4, 0.5) is 17.3 Å². The Bertz CT molecular complexity index is 647. The van der Waals surface area contributed by atoms with Gasteiger partial charge in [0.2, 0.25) is 0 Å². The number of nitrogens with zero attached hydrogens (tertiary/aromatic N) is 2. The lowest BCUT2D eigenvalue weighted by Crippen LogP contribution is -2.39. The van der Waals surface area contributed by atoms with Gasteiger partial charge in [-0.25, -0.2) is 9.13 Å². The topological polar surface area (TPSA) is 53.9 Å². The maximum absolute atomic E-state index is 9.78. The van der Waals surface area contributed by atoms with Gasteiger partial charge in [-0.15, -0.1) is 0 Å². The summed E-state index contributed by atoms with van der Waals surface area (Å²) in [4.78, 5) is 0. The maximum atomic E-state index is 9.78. The molecule has 2 rings (SSSR count). The van der Waals surface area contributed by atoms with Gasteiger partial charge in [0.1, 0.15) is 13.1 Å². The first-order valence-electron chi connectivity index (χ1n) is 8.84. The van der Waals surface area contributed by atoms with Crippen molar-refractivity contribution in [3.63, 3.8) is 0 Å². The molecular formula is C18H26B2F4N2O2. The minimum Gasteiger partial charge on any atom is -0.824 e. The van der Waals surface area contributed by atoms with Crippen LogP contribution < -0.4 is 19.2 Å².